The van der Waals surface area contributed by atoms with Gasteiger partial charge in [0.2, 0.25) is 0 Å². The van der Waals surface area contributed by atoms with E-state index in [0.29, 0.717) is 0 Å². The zero-order valence-electron chi connectivity index (χ0n) is 20.0. The van der Waals surface area contributed by atoms with Gasteiger partial charge in [0.1, 0.15) is 29.9 Å². The minimum absolute atomic E-state index is 0.0650. The minimum Gasteiger partial charge on any atom is -0.468 e. The van der Waals surface area contributed by atoms with Gasteiger partial charge in [-0.3, -0.25) is 23.7 Å². The Morgan fingerprint density at radius 2 is 1.97 bits per heavy atom. The molecule has 15 nitrogen and oxygen atoms in total. The number of esters is 1. The maximum atomic E-state index is 13.5. The van der Waals surface area contributed by atoms with Crippen LogP contribution in [0.1, 0.15) is 20.1 Å². The first-order valence-corrected chi connectivity index (χ1v) is 12.2. The second-order valence-electron chi connectivity index (χ2n) is 7.51. The second kappa shape index (κ2) is 13.7. The smallest absolute Gasteiger partial charge is 0.459 e. The molecule has 5 atom stereocenters. The highest BCUT2D eigenvalue weighted by Gasteiger charge is 2.34. The van der Waals surface area contributed by atoms with Crippen LogP contribution in [0.25, 0.3) is 10.4 Å². The highest BCUT2D eigenvalue weighted by molar-refractivity contribution is 7.52. The molecule has 0 saturated heterocycles. The Hall–Kier alpha value is -3.52. The van der Waals surface area contributed by atoms with E-state index >= 15 is 0 Å². The number of aliphatic hydroxyl groups is 1. The SMILES string of the molecule is COC(=O)[C@H](C)NP(=O)(OC[C@@H](O[C@@H](CN=[N+]=[N-])n1ccc(=O)[nH]c1=O)C(C)O)Oc1ccc(F)cc1. The van der Waals surface area contributed by atoms with Gasteiger partial charge < -0.3 is 19.1 Å². The zero-order valence-corrected chi connectivity index (χ0v) is 20.9. The molecule has 0 bridgehead atoms. The first-order chi connectivity index (χ1) is 17.5. The lowest BCUT2D eigenvalue weighted by molar-refractivity contribution is -0.142. The Kier molecular flexibility index (Phi) is 11.0. The van der Waals surface area contributed by atoms with Crippen molar-refractivity contribution in [2.75, 3.05) is 20.3 Å². The van der Waals surface area contributed by atoms with E-state index in [4.69, 9.17) is 19.3 Å². The van der Waals surface area contributed by atoms with Crippen molar-refractivity contribution in [3.05, 3.63) is 73.6 Å². The third kappa shape index (κ3) is 9.13. The summed E-state index contributed by atoms with van der Waals surface area (Å²) >= 11 is 0. The average Bonchev–Trinajstić information content (AvgIpc) is 2.84. The van der Waals surface area contributed by atoms with Gasteiger partial charge in [-0.1, -0.05) is 5.11 Å². The number of ether oxygens (including phenoxy) is 2. The van der Waals surface area contributed by atoms with Gasteiger partial charge in [0.15, 0.2) is 0 Å². The number of benzene rings is 1. The van der Waals surface area contributed by atoms with E-state index < -0.39 is 68.4 Å². The Bertz CT molecular complexity index is 1260. The fraction of sp³-hybridized carbons (Fsp3) is 0.450. The quantitative estimate of drug-likeness (QED) is 0.103. The maximum absolute atomic E-state index is 13.5. The number of methoxy groups -OCH3 is 1. The highest BCUT2D eigenvalue weighted by Crippen LogP contribution is 2.45. The van der Waals surface area contributed by atoms with Crippen LogP contribution in [0.15, 0.2) is 51.2 Å². The van der Waals surface area contributed by atoms with Gasteiger partial charge >= 0.3 is 19.4 Å². The Morgan fingerprint density at radius 3 is 2.54 bits per heavy atom. The zero-order chi connectivity index (χ0) is 27.6. The van der Waals surface area contributed by atoms with Gasteiger partial charge in [-0.05, 0) is 43.6 Å². The third-order valence-corrected chi connectivity index (χ3v) is 6.33. The number of halogens is 1. The Balaban J connectivity index is 2.30. The van der Waals surface area contributed by atoms with Gasteiger partial charge in [-0.2, -0.15) is 5.09 Å². The van der Waals surface area contributed by atoms with Crippen LogP contribution < -0.4 is 20.9 Å². The molecule has 0 spiro atoms. The summed E-state index contributed by atoms with van der Waals surface area (Å²) < 4.78 is 48.8. The lowest BCUT2D eigenvalue weighted by Gasteiger charge is -2.29. The molecule has 0 fully saturated rings. The molecule has 1 aromatic carbocycles. The van der Waals surface area contributed by atoms with Gasteiger partial charge in [0.25, 0.3) is 5.56 Å². The molecule has 2 unspecified atom stereocenters. The molecule has 3 N–H and O–H groups in total. The molecule has 1 heterocycles. The summed E-state index contributed by atoms with van der Waals surface area (Å²) in [6, 6.07) is 4.32. The van der Waals surface area contributed by atoms with Crippen molar-refractivity contribution in [2.45, 2.75) is 38.3 Å². The lowest BCUT2D eigenvalue weighted by Crippen LogP contribution is -2.40. The van der Waals surface area contributed by atoms with Crippen LogP contribution in [-0.2, 0) is 23.4 Å². The largest absolute Gasteiger partial charge is 0.468 e. The van der Waals surface area contributed by atoms with E-state index in [0.717, 1.165) is 36.1 Å². The number of aromatic amines is 1. The predicted octanol–water partition coefficient (Wildman–Crippen LogP) is 1.61. The van der Waals surface area contributed by atoms with E-state index in [1.807, 2.05) is 4.98 Å². The van der Waals surface area contributed by atoms with Gasteiger partial charge in [-0.15, -0.1) is 0 Å². The molecule has 0 radical (unpaired) electrons. The molecule has 2 aromatic rings. The molecule has 2 rings (SSSR count). The monoisotopic (exact) mass is 544 g/mol. The minimum atomic E-state index is -4.39. The second-order valence-corrected chi connectivity index (χ2v) is 9.21. The van der Waals surface area contributed by atoms with Crippen molar-refractivity contribution in [2.24, 2.45) is 5.11 Å². The van der Waals surface area contributed by atoms with E-state index in [1.54, 1.807) is 0 Å². The standard InChI is InChI=1S/C20H26FN6O9P/c1-12(19(30)33-3)25-37(32,36-15-6-4-14(21)5-7-15)34-11-16(13(2)28)35-18(10-23-26-22)27-9-8-17(29)24-20(27)31/h4-9,12-13,16,18,28H,10-11H2,1-3H3,(H,25,32)(H,24,29,31)/t12-,13?,16+,18-,37?/m0/s1. The molecule has 1 aromatic heterocycles. The highest BCUT2D eigenvalue weighted by atomic mass is 31.2. The first kappa shape index (κ1) is 29.7. The van der Waals surface area contributed by atoms with Gasteiger partial charge in [-0.25, -0.2) is 13.8 Å². The number of hydrogen-bond donors (Lipinski definition) is 3. The lowest BCUT2D eigenvalue weighted by atomic mass is 10.2. The molecule has 0 amide bonds. The van der Waals surface area contributed by atoms with Gasteiger partial charge in [0.05, 0.1) is 26.4 Å². The number of aliphatic hydroxyl groups excluding tert-OH is 1. The van der Waals surface area contributed by atoms with Crippen molar-refractivity contribution in [3.63, 3.8) is 0 Å². The number of nitrogens with one attached hydrogen (secondary N) is 2. The fourth-order valence-corrected chi connectivity index (χ4v) is 4.32. The summed E-state index contributed by atoms with van der Waals surface area (Å²) in [5.41, 5.74) is 7.14. The summed E-state index contributed by atoms with van der Waals surface area (Å²) in [4.78, 5) is 40.1. The molecule has 0 saturated carbocycles. The summed E-state index contributed by atoms with van der Waals surface area (Å²) in [5, 5.41) is 16.0. The molecular weight excluding hydrogens is 518 g/mol. The number of nitrogens with zero attached hydrogens (tertiary/aromatic N) is 4. The topological polar surface area (TPSA) is 207 Å². The van der Waals surface area contributed by atoms with Crippen LogP contribution in [0.2, 0.25) is 0 Å². The molecule has 37 heavy (non-hydrogen) atoms. The van der Waals surface area contributed by atoms with Crippen molar-refractivity contribution in [1.29, 1.82) is 0 Å². The van der Waals surface area contributed by atoms with Crippen LogP contribution in [0.4, 0.5) is 4.39 Å². The molecule has 202 valence electrons. The van der Waals surface area contributed by atoms with Crippen LogP contribution in [0, 0.1) is 5.82 Å². The first-order valence-electron chi connectivity index (χ1n) is 10.7. The van der Waals surface area contributed by atoms with E-state index in [9.17, 15) is 28.4 Å². The number of aromatic nitrogens is 2. The molecule has 17 heteroatoms. The van der Waals surface area contributed by atoms with Crippen LogP contribution in [-0.4, -0.2) is 59.1 Å². The van der Waals surface area contributed by atoms with E-state index in [2.05, 4.69) is 19.9 Å². The number of rotatable bonds is 14. The summed E-state index contributed by atoms with van der Waals surface area (Å²) in [5.74, 6) is -1.43. The van der Waals surface area contributed by atoms with Crippen LogP contribution in [0.3, 0.4) is 0 Å². The fourth-order valence-electron chi connectivity index (χ4n) is 2.81. The molecule has 0 aliphatic heterocycles. The molecule has 0 aliphatic rings. The van der Waals surface area contributed by atoms with Crippen molar-refractivity contribution in [1.82, 2.24) is 14.6 Å². The summed E-state index contributed by atoms with van der Waals surface area (Å²) in [6.45, 7) is 1.59. The summed E-state index contributed by atoms with van der Waals surface area (Å²) in [7, 11) is -3.27. The van der Waals surface area contributed by atoms with E-state index in [-0.39, 0.29) is 5.75 Å². The number of azide groups is 1. The number of carbonyl (C=O) groups excluding carboxylic acids is 1. The van der Waals surface area contributed by atoms with Crippen molar-refractivity contribution >= 4 is 13.7 Å². The third-order valence-electron chi connectivity index (χ3n) is 4.69. The Labute approximate surface area is 209 Å². The maximum Gasteiger partial charge on any atom is 0.459 e. The van der Waals surface area contributed by atoms with E-state index in [1.165, 1.54) is 26.0 Å². The number of H-pyrrole nitrogens is 1. The Morgan fingerprint density at radius 1 is 1.30 bits per heavy atom. The van der Waals surface area contributed by atoms with Gasteiger partial charge in [0, 0.05) is 17.2 Å². The predicted molar refractivity (Wildman–Crippen MR) is 126 cm³/mol. The molecular formula is C20H26FN6O9P. The van der Waals surface area contributed by atoms with Crippen LogP contribution in [0.5, 0.6) is 5.75 Å². The van der Waals surface area contributed by atoms with Crippen molar-refractivity contribution < 1.29 is 37.4 Å². The summed E-state index contributed by atoms with van der Waals surface area (Å²) in [6.07, 6.45) is -2.79. The van der Waals surface area contributed by atoms with Crippen LogP contribution >= 0.6 is 7.75 Å². The number of hydrogen-bond acceptors (Lipinski definition) is 10. The van der Waals surface area contributed by atoms with Crippen molar-refractivity contribution in [3.8, 4) is 5.75 Å². The molecule has 0 aliphatic carbocycles. The number of carbonyl (C=O) groups is 1. The average molecular weight is 544 g/mol. The normalized spacial score (nSPS) is 15.9.